The summed E-state index contributed by atoms with van der Waals surface area (Å²) in [6.45, 7) is 2.73. The molecule has 0 aromatic carbocycles. The van der Waals surface area contributed by atoms with Gasteiger partial charge < -0.3 is 15.4 Å². The lowest BCUT2D eigenvalue weighted by Crippen LogP contribution is -2.34. The van der Waals surface area contributed by atoms with Crippen molar-refractivity contribution in [2.75, 3.05) is 31.1 Å². The van der Waals surface area contributed by atoms with Crippen LogP contribution in [-0.4, -0.2) is 37.7 Å². The summed E-state index contributed by atoms with van der Waals surface area (Å²) in [7, 11) is 0. The van der Waals surface area contributed by atoms with Crippen molar-refractivity contribution in [1.29, 1.82) is 0 Å². The van der Waals surface area contributed by atoms with Crippen LogP contribution in [0.1, 0.15) is 13.3 Å². The molecule has 1 aromatic rings. The van der Waals surface area contributed by atoms with Gasteiger partial charge in [-0.3, -0.25) is 0 Å². The molecule has 0 unspecified atom stereocenters. The molecule has 0 saturated heterocycles. The van der Waals surface area contributed by atoms with Gasteiger partial charge in [-0.05, 0) is 18.6 Å². The number of anilines is 1. The van der Waals surface area contributed by atoms with Crippen LogP contribution in [-0.2, 0) is 0 Å². The Balaban J connectivity index is 2.87. The molecule has 4 nitrogen and oxygen atoms in total. The Labute approximate surface area is 106 Å². The van der Waals surface area contributed by atoms with Crippen LogP contribution in [0.25, 0.3) is 0 Å². The molecule has 18 heavy (non-hydrogen) atoms. The van der Waals surface area contributed by atoms with E-state index in [4.69, 9.17) is 10.5 Å². The maximum atomic E-state index is 12.5. The highest BCUT2D eigenvalue weighted by atomic mass is 19.3. The molecule has 0 aliphatic carbocycles. The van der Waals surface area contributed by atoms with Crippen LogP contribution in [0.15, 0.2) is 18.3 Å². The van der Waals surface area contributed by atoms with Crippen molar-refractivity contribution in [1.82, 2.24) is 4.98 Å². The molecule has 1 rings (SSSR count). The Kier molecular flexibility index (Phi) is 6.35. The van der Waals surface area contributed by atoms with Crippen LogP contribution in [0, 0.1) is 0 Å². The van der Waals surface area contributed by atoms with Crippen LogP contribution in [0.3, 0.4) is 0 Å². The first kappa shape index (κ1) is 14.6. The first-order valence-electron chi connectivity index (χ1n) is 6.00. The van der Waals surface area contributed by atoms with Gasteiger partial charge in [0.2, 0.25) is 0 Å². The van der Waals surface area contributed by atoms with E-state index in [1.807, 2.05) is 6.92 Å². The highest BCUT2D eigenvalue weighted by Gasteiger charge is 2.17. The Morgan fingerprint density at radius 2 is 2.28 bits per heavy atom. The highest BCUT2D eigenvalue weighted by Crippen LogP contribution is 2.25. The minimum Gasteiger partial charge on any atom is -0.490 e. The number of hydrogen-bond donors (Lipinski definition) is 1. The van der Waals surface area contributed by atoms with E-state index in [9.17, 15) is 8.78 Å². The predicted octanol–water partition coefficient (Wildman–Crippen LogP) is 1.90. The Morgan fingerprint density at radius 1 is 1.50 bits per heavy atom. The normalized spacial score (nSPS) is 10.7. The number of rotatable bonds is 8. The van der Waals surface area contributed by atoms with Crippen LogP contribution < -0.4 is 15.4 Å². The van der Waals surface area contributed by atoms with Gasteiger partial charge in [0.25, 0.3) is 6.43 Å². The first-order valence-corrected chi connectivity index (χ1v) is 6.00. The second-order valence-corrected chi connectivity index (χ2v) is 3.80. The summed E-state index contributed by atoms with van der Waals surface area (Å²) in [5.74, 6) is 0.949. The fraction of sp³-hybridized carbons (Fsp3) is 0.583. The van der Waals surface area contributed by atoms with Crippen molar-refractivity contribution in [3.05, 3.63) is 18.3 Å². The van der Waals surface area contributed by atoms with Gasteiger partial charge in [-0.15, -0.1) is 0 Å². The van der Waals surface area contributed by atoms with E-state index >= 15 is 0 Å². The lowest BCUT2D eigenvalue weighted by Gasteiger charge is -2.24. The summed E-state index contributed by atoms with van der Waals surface area (Å²) >= 11 is 0. The monoisotopic (exact) mass is 259 g/mol. The zero-order valence-corrected chi connectivity index (χ0v) is 10.5. The quantitative estimate of drug-likeness (QED) is 0.774. The topological polar surface area (TPSA) is 51.4 Å². The molecular weight excluding hydrogens is 240 g/mol. The van der Waals surface area contributed by atoms with Crippen molar-refractivity contribution < 1.29 is 13.5 Å². The summed E-state index contributed by atoms with van der Waals surface area (Å²) in [4.78, 5) is 5.57. The number of pyridine rings is 1. The fourth-order valence-corrected chi connectivity index (χ4v) is 1.55. The molecule has 0 atom stereocenters. The third-order valence-corrected chi connectivity index (χ3v) is 2.27. The van der Waals surface area contributed by atoms with Crippen molar-refractivity contribution in [2.24, 2.45) is 5.73 Å². The van der Waals surface area contributed by atoms with Gasteiger partial charge in [0.1, 0.15) is 0 Å². The molecule has 0 bridgehead atoms. The van der Waals surface area contributed by atoms with E-state index in [0.717, 1.165) is 6.42 Å². The summed E-state index contributed by atoms with van der Waals surface area (Å²) < 4.78 is 30.6. The number of nitrogens with zero attached hydrogens (tertiary/aromatic N) is 2. The molecule has 0 fully saturated rings. The molecule has 0 aliphatic heterocycles. The molecule has 1 aromatic heterocycles. The van der Waals surface area contributed by atoms with Gasteiger partial charge >= 0.3 is 0 Å². The lowest BCUT2D eigenvalue weighted by atomic mass is 10.3. The number of halogens is 2. The maximum absolute atomic E-state index is 12.5. The Hall–Kier alpha value is -1.43. The molecule has 0 spiro atoms. The Morgan fingerprint density at radius 3 is 2.89 bits per heavy atom. The predicted molar refractivity (Wildman–Crippen MR) is 67.3 cm³/mol. The van der Waals surface area contributed by atoms with Crippen molar-refractivity contribution in [3.8, 4) is 5.75 Å². The largest absolute Gasteiger partial charge is 0.490 e. The van der Waals surface area contributed by atoms with Gasteiger partial charge in [0.15, 0.2) is 11.6 Å². The van der Waals surface area contributed by atoms with E-state index in [1.165, 1.54) is 4.90 Å². The van der Waals surface area contributed by atoms with Crippen molar-refractivity contribution >= 4 is 5.82 Å². The van der Waals surface area contributed by atoms with Crippen molar-refractivity contribution in [3.63, 3.8) is 0 Å². The zero-order valence-electron chi connectivity index (χ0n) is 10.5. The number of aromatic nitrogens is 1. The first-order chi connectivity index (χ1) is 8.69. The summed E-state index contributed by atoms with van der Waals surface area (Å²) in [6, 6.07) is 3.45. The van der Waals surface area contributed by atoms with E-state index in [2.05, 4.69) is 4.98 Å². The number of alkyl halides is 2. The average Bonchev–Trinajstić information content (AvgIpc) is 2.36. The molecule has 0 amide bonds. The molecule has 102 valence electrons. The SMILES string of the molecule is CCCOc1cccnc1N(CCN)CC(F)F. The minimum atomic E-state index is -2.43. The molecule has 0 aliphatic rings. The molecule has 0 saturated carbocycles. The maximum Gasteiger partial charge on any atom is 0.255 e. The smallest absolute Gasteiger partial charge is 0.255 e. The average molecular weight is 259 g/mol. The van der Waals surface area contributed by atoms with Gasteiger partial charge in [0, 0.05) is 19.3 Å². The second-order valence-electron chi connectivity index (χ2n) is 3.80. The lowest BCUT2D eigenvalue weighted by molar-refractivity contribution is 0.154. The van der Waals surface area contributed by atoms with Gasteiger partial charge in [-0.25, -0.2) is 13.8 Å². The fourth-order valence-electron chi connectivity index (χ4n) is 1.55. The third-order valence-electron chi connectivity index (χ3n) is 2.27. The van der Waals surface area contributed by atoms with Gasteiger partial charge in [-0.1, -0.05) is 6.92 Å². The van der Waals surface area contributed by atoms with E-state index in [-0.39, 0.29) is 6.54 Å². The summed E-state index contributed by atoms with van der Waals surface area (Å²) in [5, 5.41) is 0. The van der Waals surface area contributed by atoms with Crippen LogP contribution in [0.5, 0.6) is 5.75 Å². The highest BCUT2D eigenvalue weighted by molar-refractivity contribution is 5.52. The van der Waals surface area contributed by atoms with Crippen LogP contribution in [0.4, 0.5) is 14.6 Å². The molecule has 0 radical (unpaired) electrons. The van der Waals surface area contributed by atoms with Crippen LogP contribution in [0.2, 0.25) is 0 Å². The zero-order chi connectivity index (χ0) is 13.4. The third kappa shape index (κ3) is 4.44. The summed E-state index contributed by atoms with van der Waals surface area (Å²) in [6.07, 6.45) is -0.0268. The van der Waals surface area contributed by atoms with Gasteiger partial charge in [-0.2, -0.15) is 0 Å². The Bertz CT molecular complexity index is 350. The molecule has 2 N–H and O–H groups in total. The minimum absolute atomic E-state index is 0.288. The second kappa shape index (κ2) is 7.81. The van der Waals surface area contributed by atoms with E-state index in [0.29, 0.717) is 24.7 Å². The molecule has 1 heterocycles. The van der Waals surface area contributed by atoms with E-state index in [1.54, 1.807) is 18.3 Å². The standard InChI is InChI=1S/C12H19F2N3O/c1-2-8-18-10-4-3-6-16-12(10)17(7-5-15)9-11(13)14/h3-4,6,11H,2,5,7-9,15H2,1H3. The van der Waals surface area contributed by atoms with Crippen LogP contribution >= 0.6 is 0 Å². The number of hydrogen-bond acceptors (Lipinski definition) is 4. The number of ether oxygens (including phenoxy) is 1. The number of nitrogens with two attached hydrogens (primary N) is 1. The summed E-state index contributed by atoms with van der Waals surface area (Å²) in [5.41, 5.74) is 5.44. The van der Waals surface area contributed by atoms with Gasteiger partial charge in [0.05, 0.1) is 13.2 Å². The molecular formula is C12H19F2N3O. The van der Waals surface area contributed by atoms with E-state index < -0.39 is 13.0 Å². The van der Waals surface area contributed by atoms with Crippen molar-refractivity contribution in [2.45, 2.75) is 19.8 Å². The molecule has 6 heteroatoms.